The van der Waals surface area contributed by atoms with Crippen LogP contribution in [0.25, 0.3) is 0 Å². The fraction of sp³-hybridized carbons (Fsp3) is 0.650. The third-order valence-electron chi connectivity index (χ3n) is 5.26. The van der Waals surface area contributed by atoms with E-state index in [4.69, 9.17) is 10.5 Å². The third kappa shape index (κ3) is 7.12. The number of hydrogen-bond acceptors (Lipinski definition) is 6. The summed E-state index contributed by atoms with van der Waals surface area (Å²) >= 11 is 1.97. The van der Waals surface area contributed by atoms with Crippen LogP contribution in [0.3, 0.4) is 0 Å². The van der Waals surface area contributed by atoms with Gasteiger partial charge in [-0.3, -0.25) is 4.79 Å². The van der Waals surface area contributed by atoms with E-state index in [0.29, 0.717) is 6.42 Å². The van der Waals surface area contributed by atoms with Crippen molar-refractivity contribution in [1.29, 1.82) is 0 Å². The number of nitrogens with two attached hydrogens (primary N) is 1. The number of sulfone groups is 1. The number of esters is 1. The average Bonchev–Trinajstić information content (AvgIpc) is 2.59. The number of carbonyl (C=O) groups is 1. The molecule has 5 nitrogen and oxygen atoms in total. The monoisotopic (exact) mass is 413 g/mol. The number of carbonyl (C=O) groups excluding carboxylic acids is 1. The van der Waals surface area contributed by atoms with Gasteiger partial charge in [-0.25, -0.2) is 8.42 Å². The van der Waals surface area contributed by atoms with E-state index in [2.05, 4.69) is 6.07 Å². The molecule has 2 rings (SSSR count). The van der Waals surface area contributed by atoms with Gasteiger partial charge in [0.05, 0.1) is 7.11 Å². The minimum Gasteiger partial charge on any atom is -0.468 e. The number of hydrogen-bond donors (Lipinski definition) is 1. The maximum absolute atomic E-state index is 11.6. The molecule has 7 heteroatoms. The van der Waals surface area contributed by atoms with Crippen molar-refractivity contribution in [2.75, 3.05) is 19.1 Å². The summed E-state index contributed by atoms with van der Waals surface area (Å²) in [4.78, 5) is 11.6. The Balaban J connectivity index is 1.91. The lowest BCUT2D eigenvalue weighted by molar-refractivity contribution is -0.142. The van der Waals surface area contributed by atoms with Gasteiger partial charge in [-0.05, 0) is 43.2 Å². The second-order valence-corrected chi connectivity index (χ2v) is 11.2. The molecule has 0 bridgehead atoms. The summed E-state index contributed by atoms with van der Waals surface area (Å²) < 4.78 is 27.6. The standard InChI is InChI=1S/C20H31NO4S2/c1-25-19(22)18(21)14-16-8-3-4-9-17(16)15-26-20(11-7-12-20)10-5-6-13-27(2,23)24/h3-4,8-9,18H,5-7,10-15,21H2,1-2H3. The van der Waals surface area contributed by atoms with Crippen LogP contribution < -0.4 is 5.73 Å². The van der Waals surface area contributed by atoms with Gasteiger partial charge in [0.25, 0.3) is 0 Å². The van der Waals surface area contributed by atoms with E-state index < -0.39 is 21.8 Å². The van der Waals surface area contributed by atoms with Crippen molar-refractivity contribution in [3.8, 4) is 0 Å². The smallest absolute Gasteiger partial charge is 0.322 e. The number of methoxy groups -OCH3 is 1. The molecule has 0 heterocycles. The largest absolute Gasteiger partial charge is 0.468 e. The Morgan fingerprint density at radius 2 is 1.93 bits per heavy atom. The third-order valence-corrected chi connectivity index (χ3v) is 7.97. The maximum Gasteiger partial charge on any atom is 0.322 e. The lowest BCUT2D eigenvalue weighted by Crippen LogP contribution is -2.34. The van der Waals surface area contributed by atoms with Crippen molar-refractivity contribution < 1.29 is 17.9 Å². The topological polar surface area (TPSA) is 86.5 Å². The minimum atomic E-state index is -2.87. The van der Waals surface area contributed by atoms with Crippen LogP contribution in [0.2, 0.25) is 0 Å². The lowest BCUT2D eigenvalue weighted by Gasteiger charge is -2.42. The van der Waals surface area contributed by atoms with Crippen LogP contribution in [-0.2, 0) is 31.5 Å². The van der Waals surface area contributed by atoms with Gasteiger partial charge < -0.3 is 10.5 Å². The average molecular weight is 414 g/mol. The second kappa shape index (κ2) is 9.94. The van der Waals surface area contributed by atoms with E-state index >= 15 is 0 Å². The molecular weight excluding hydrogens is 382 g/mol. The molecule has 1 aromatic carbocycles. The van der Waals surface area contributed by atoms with Gasteiger partial charge in [-0.2, -0.15) is 11.8 Å². The molecule has 1 atom stereocenters. The van der Waals surface area contributed by atoms with Crippen LogP contribution in [-0.4, -0.2) is 44.3 Å². The quantitative estimate of drug-likeness (QED) is 0.443. The van der Waals surface area contributed by atoms with Gasteiger partial charge in [-0.15, -0.1) is 0 Å². The van der Waals surface area contributed by atoms with Gasteiger partial charge in [0.15, 0.2) is 0 Å². The molecule has 1 saturated carbocycles. The first-order valence-electron chi connectivity index (χ1n) is 9.46. The molecule has 0 amide bonds. The Morgan fingerprint density at radius 1 is 1.26 bits per heavy atom. The summed E-state index contributed by atoms with van der Waals surface area (Å²) in [5.74, 6) is 0.775. The molecule has 1 aromatic rings. The minimum absolute atomic E-state index is 0.273. The molecule has 1 aliphatic rings. The molecule has 0 aliphatic heterocycles. The Morgan fingerprint density at radius 3 is 2.48 bits per heavy atom. The summed E-state index contributed by atoms with van der Waals surface area (Å²) in [5.41, 5.74) is 8.24. The molecule has 152 valence electrons. The van der Waals surface area contributed by atoms with E-state index in [1.54, 1.807) is 0 Å². The summed E-state index contributed by atoms with van der Waals surface area (Å²) in [7, 11) is -1.51. The van der Waals surface area contributed by atoms with E-state index in [1.165, 1.54) is 38.2 Å². The molecule has 1 fully saturated rings. The first kappa shape index (κ1) is 22.2. The fourth-order valence-electron chi connectivity index (χ4n) is 3.45. The van der Waals surface area contributed by atoms with Gasteiger partial charge >= 0.3 is 5.97 Å². The first-order valence-corrected chi connectivity index (χ1v) is 12.5. The molecule has 2 N–H and O–H groups in total. The molecule has 0 radical (unpaired) electrons. The van der Waals surface area contributed by atoms with Crippen molar-refractivity contribution in [2.24, 2.45) is 5.73 Å². The number of ether oxygens (including phenoxy) is 1. The highest BCUT2D eigenvalue weighted by Gasteiger charge is 2.36. The van der Waals surface area contributed by atoms with Crippen molar-refractivity contribution in [1.82, 2.24) is 0 Å². The first-order chi connectivity index (χ1) is 12.7. The highest BCUT2D eigenvalue weighted by atomic mass is 32.2. The summed E-state index contributed by atoms with van der Waals surface area (Å²) in [6.45, 7) is 0. The summed E-state index contributed by atoms with van der Waals surface area (Å²) in [5, 5.41) is 0. The van der Waals surface area contributed by atoms with E-state index in [0.717, 1.165) is 30.6 Å². The van der Waals surface area contributed by atoms with Crippen LogP contribution in [0, 0.1) is 0 Å². The Bertz CT molecular complexity index is 729. The van der Waals surface area contributed by atoms with Gasteiger partial charge in [0.1, 0.15) is 15.9 Å². The molecular formula is C20H31NO4S2. The van der Waals surface area contributed by atoms with Gasteiger partial charge in [-0.1, -0.05) is 37.1 Å². The number of unbranched alkanes of at least 4 members (excludes halogenated alkanes) is 1. The fourth-order valence-corrected chi connectivity index (χ4v) is 5.79. The van der Waals surface area contributed by atoms with Crippen molar-refractivity contribution in [3.05, 3.63) is 35.4 Å². The highest BCUT2D eigenvalue weighted by Crippen LogP contribution is 2.49. The van der Waals surface area contributed by atoms with Gasteiger partial charge in [0.2, 0.25) is 0 Å². The van der Waals surface area contributed by atoms with Crippen molar-refractivity contribution in [3.63, 3.8) is 0 Å². The maximum atomic E-state index is 11.6. The summed E-state index contributed by atoms with van der Waals surface area (Å²) in [6.07, 6.45) is 8.17. The zero-order valence-corrected chi connectivity index (χ0v) is 17.9. The zero-order valence-electron chi connectivity index (χ0n) is 16.3. The van der Waals surface area contributed by atoms with E-state index in [-0.39, 0.29) is 10.5 Å². The van der Waals surface area contributed by atoms with Crippen LogP contribution >= 0.6 is 11.8 Å². The Labute approximate surface area is 167 Å². The van der Waals surface area contributed by atoms with Crippen molar-refractivity contribution >= 4 is 27.6 Å². The zero-order chi connectivity index (χ0) is 19.9. The molecule has 1 aliphatic carbocycles. The van der Waals surface area contributed by atoms with Crippen LogP contribution in [0.4, 0.5) is 0 Å². The number of benzene rings is 1. The van der Waals surface area contributed by atoms with Crippen LogP contribution in [0.1, 0.15) is 49.7 Å². The lowest BCUT2D eigenvalue weighted by atomic mass is 9.80. The van der Waals surface area contributed by atoms with E-state index in [9.17, 15) is 13.2 Å². The predicted molar refractivity (Wildman–Crippen MR) is 112 cm³/mol. The number of rotatable bonds is 11. The molecule has 0 saturated heterocycles. The molecule has 0 aromatic heterocycles. The predicted octanol–water partition coefficient (Wildman–Crippen LogP) is 3.10. The molecule has 1 unspecified atom stereocenters. The second-order valence-electron chi connectivity index (χ2n) is 7.51. The molecule has 0 spiro atoms. The SMILES string of the molecule is COC(=O)C(N)Cc1ccccc1CSC1(CCCCS(C)(=O)=O)CCC1. The molecule has 27 heavy (non-hydrogen) atoms. The summed E-state index contributed by atoms with van der Waals surface area (Å²) in [6, 6.07) is 7.47. The highest BCUT2D eigenvalue weighted by molar-refractivity contribution is 8.00. The normalized spacial score (nSPS) is 17.1. The van der Waals surface area contributed by atoms with Gasteiger partial charge in [0, 0.05) is 22.5 Å². The van der Waals surface area contributed by atoms with E-state index in [1.807, 2.05) is 30.0 Å². The van der Waals surface area contributed by atoms with Crippen LogP contribution in [0.5, 0.6) is 0 Å². The number of thioether (sulfide) groups is 1. The Kier molecular flexibility index (Phi) is 8.19. The van der Waals surface area contributed by atoms with Crippen molar-refractivity contribution in [2.45, 2.75) is 61.5 Å². The van der Waals surface area contributed by atoms with Crippen LogP contribution in [0.15, 0.2) is 24.3 Å². The Hall–Kier alpha value is -1.05.